The summed E-state index contributed by atoms with van der Waals surface area (Å²) in [6.07, 6.45) is 0.211. The van der Waals surface area contributed by atoms with Gasteiger partial charge < -0.3 is 9.42 Å². The van der Waals surface area contributed by atoms with Gasteiger partial charge >= 0.3 is 0 Å². The molecule has 5 nitrogen and oxygen atoms in total. The van der Waals surface area contributed by atoms with E-state index in [1.807, 2.05) is 6.07 Å². The average Bonchev–Trinajstić information content (AvgIpc) is 3.22. The van der Waals surface area contributed by atoms with Crippen LogP contribution in [0.2, 0.25) is 5.02 Å². The molecule has 0 aliphatic carbocycles. The predicted molar refractivity (Wildman–Crippen MR) is 90.9 cm³/mol. The molecule has 126 valence electrons. The highest BCUT2D eigenvalue weighted by Gasteiger charge is 2.35. The lowest BCUT2D eigenvalue weighted by Gasteiger charge is -2.16. The van der Waals surface area contributed by atoms with Crippen molar-refractivity contribution in [3.05, 3.63) is 65.2 Å². The first kappa shape index (κ1) is 15.8. The van der Waals surface area contributed by atoms with E-state index in [4.69, 9.17) is 16.1 Å². The summed E-state index contributed by atoms with van der Waals surface area (Å²) in [5.41, 5.74) is 0.982. The van der Waals surface area contributed by atoms with Crippen LogP contribution in [0.1, 0.15) is 18.2 Å². The van der Waals surface area contributed by atoms with Crippen molar-refractivity contribution in [1.82, 2.24) is 10.1 Å². The van der Waals surface area contributed by atoms with Crippen LogP contribution in [-0.4, -0.2) is 22.6 Å². The summed E-state index contributed by atoms with van der Waals surface area (Å²) in [6, 6.07) is 13.3. The fraction of sp³-hybridized carbons (Fsp3) is 0.167. The van der Waals surface area contributed by atoms with Crippen molar-refractivity contribution in [2.45, 2.75) is 12.3 Å². The van der Waals surface area contributed by atoms with Gasteiger partial charge in [-0.15, -0.1) is 0 Å². The van der Waals surface area contributed by atoms with Crippen molar-refractivity contribution in [3.8, 4) is 11.5 Å². The Balaban J connectivity index is 1.58. The number of hydrogen-bond donors (Lipinski definition) is 0. The minimum atomic E-state index is -0.427. The highest BCUT2D eigenvalue weighted by molar-refractivity contribution is 6.30. The molecular formula is C18H13ClFN3O2. The number of aromatic nitrogens is 2. The van der Waals surface area contributed by atoms with Crippen molar-refractivity contribution in [1.29, 1.82) is 0 Å². The van der Waals surface area contributed by atoms with Gasteiger partial charge in [0.2, 0.25) is 5.91 Å². The number of hydrogen-bond acceptors (Lipinski definition) is 4. The van der Waals surface area contributed by atoms with Crippen molar-refractivity contribution < 1.29 is 13.7 Å². The minimum absolute atomic E-state index is 0.163. The molecule has 0 radical (unpaired) electrons. The summed E-state index contributed by atoms with van der Waals surface area (Å²) < 4.78 is 19.2. The standard InChI is InChI=1S/C18H13ClFN3O2/c19-13-5-3-4-11(8-13)18-21-17(22-25-18)12-9-16(24)23(10-12)15-7-2-1-6-14(15)20/h1-8,12H,9-10H2. The second-order valence-corrected chi connectivity index (χ2v) is 6.26. The molecule has 0 N–H and O–H groups in total. The van der Waals surface area contributed by atoms with Gasteiger partial charge in [0.1, 0.15) is 5.82 Å². The van der Waals surface area contributed by atoms with Gasteiger partial charge in [-0.1, -0.05) is 35.0 Å². The van der Waals surface area contributed by atoms with Gasteiger partial charge in [-0.05, 0) is 30.3 Å². The highest BCUT2D eigenvalue weighted by Crippen LogP contribution is 2.32. The Morgan fingerprint density at radius 3 is 2.84 bits per heavy atom. The Morgan fingerprint density at radius 2 is 2.04 bits per heavy atom. The molecule has 25 heavy (non-hydrogen) atoms. The zero-order chi connectivity index (χ0) is 17.4. The van der Waals surface area contributed by atoms with Crippen LogP contribution in [0.5, 0.6) is 0 Å². The number of rotatable bonds is 3. The molecule has 1 unspecified atom stereocenters. The molecule has 1 saturated heterocycles. The van der Waals surface area contributed by atoms with Gasteiger partial charge in [0.15, 0.2) is 5.82 Å². The van der Waals surface area contributed by atoms with E-state index in [9.17, 15) is 9.18 Å². The minimum Gasteiger partial charge on any atom is -0.334 e. The monoisotopic (exact) mass is 357 g/mol. The summed E-state index contributed by atoms with van der Waals surface area (Å²) in [5.74, 6) is -0.0614. The van der Waals surface area contributed by atoms with Crippen LogP contribution >= 0.6 is 11.6 Å². The molecule has 1 aliphatic heterocycles. The van der Waals surface area contributed by atoms with Gasteiger partial charge in [0.25, 0.3) is 5.89 Å². The van der Waals surface area contributed by atoms with E-state index in [2.05, 4.69) is 10.1 Å². The summed E-state index contributed by atoms with van der Waals surface area (Å²) in [4.78, 5) is 18.1. The third kappa shape index (κ3) is 3.00. The number of para-hydroxylation sites is 1. The average molecular weight is 358 g/mol. The summed E-state index contributed by atoms with van der Waals surface area (Å²) >= 11 is 5.97. The lowest BCUT2D eigenvalue weighted by atomic mass is 10.1. The summed E-state index contributed by atoms with van der Waals surface area (Å²) in [7, 11) is 0. The molecule has 1 fully saturated rings. The highest BCUT2D eigenvalue weighted by atomic mass is 35.5. The predicted octanol–water partition coefficient (Wildman–Crippen LogP) is 4.05. The Hall–Kier alpha value is -2.73. The molecule has 2 heterocycles. The van der Waals surface area contributed by atoms with Gasteiger partial charge in [0.05, 0.1) is 5.69 Å². The van der Waals surface area contributed by atoms with Crippen LogP contribution in [0, 0.1) is 5.82 Å². The van der Waals surface area contributed by atoms with Gasteiger partial charge in [-0.3, -0.25) is 4.79 Å². The first-order valence-corrected chi connectivity index (χ1v) is 8.14. The smallest absolute Gasteiger partial charge is 0.257 e. The molecular weight excluding hydrogens is 345 g/mol. The molecule has 1 amide bonds. The van der Waals surface area contributed by atoms with Crippen LogP contribution in [-0.2, 0) is 4.79 Å². The summed E-state index contributed by atoms with van der Waals surface area (Å²) in [5, 5.41) is 4.56. The number of carbonyl (C=O) groups is 1. The van der Waals surface area contributed by atoms with Gasteiger partial charge in [0, 0.05) is 29.5 Å². The van der Waals surface area contributed by atoms with Crippen LogP contribution in [0.15, 0.2) is 53.1 Å². The fourth-order valence-corrected chi connectivity index (χ4v) is 3.11. The normalized spacial score (nSPS) is 17.3. The topological polar surface area (TPSA) is 59.2 Å². The molecule has 0 spiro atoms. The van der Waals surface area contributed by atoms with Crippen molar-refractivity contribution in [2.24, 2.45) is 0 Å². The van der Waals surface area contributed by atoms with Gasteiger partial charge in [-0.2, -0.15) is 4.98 Å². The first-order chi connectivity index (χ1) is 12.1. The number of nitrogens with zero attached hydrogens (tertiary/aromatic N) is 3. The fourth-order valence-electron chi connectivity index (χ4n) is 2.92. The molecule has 3 aromatic rings. The maximum atomic E-state index is 14.0. The second kappa shape index (κ2) is 6.29. The maximum Gasteiger partial charge on any atom is 0.257 e. The number of anilines is 1. The van der Waals surface area contributed by atoms with Crippen LogP contribution < -0.4 is 4.90 Å². The van der Waals surface area contributed by atoms with E-state index in [0.29, 0.717) is 28.8 Å². The molecule has 1 atom stereocenters. The molecule has 1 aliphatic rings. The molecule has 2 aromatic carbocycles. The van der Waals surface area contributed by atoms with E-state index in [1.54, 1.807) is 36.4 Å². The van der Waals surface area contributed by atoms with E-state index < -0.39 is 5.82 Å². The quantitative estimate of drug-likeness (QED) is 0.709. The molecule has 4 rings (SSSR count). The Bertz CT molecular complexity index is 943. The third-order valence-electron chi connectivity index (χ3n) is 4.15. The van der Waals surface area contributed by atoms with Crippen molar-refractivity contribution >= 4 is 23.2 Å². The number of halogens is 2. The zero-order valence-corrected chi connectivity index (χ0v) is 13.8. The molecule has 7 heteroatoms. The van der Waals surface area contributed by atoms with E-state index >= 15 is 0 Å². The van der Waals surface area contributed by atoms with E-state index in [-0.39, 0.29) is 23.9 Å². The second-order valence-electron chi connectivity index (χ2n) is 5.82. The van der Waals surface area contributed by atoms with Crippen molar-refractivity contribution in [2.75, 3.05) is 11.4 Å². The zero-order valence-electron chi connectivity index (χ0n) is 13.0. The number of benzene rings is 2. The van der Waals surface area contributed by atoms with E-state index in [1.165, 1.54) is 11.0 Å². The first-order valence-electron chi connectivity index (χ1n) is 7.76. The van der Waals surface area contributed by atoms with Crippen molar-refractivity contribution in [3.63, 3.8) is 0 Å². The van der Waals surface area contributed by atoms with Crippen LogP contribution in [0.25, 0.3) is 11.5 Å². The SMILES string of the molecule is O=C1CC(c2noc(-c3cccc(Cl)c3)n2)CN1c1ccccc1F. The molecule has 1 aromatic heterocycles. The summed E-state index contributed by atoms with van der Waals surface area (Å²) in [6.45, 7) is 0.314. The van der Waals surface area contributed by atoms with E-state index in [0.717, 1.165) is 0 Å². The van der Waals surface area contributed by atoms with Gasteiger partial charge in [-0.25, -0.2) is 4.39 Å². The van der Waals surface area contributed by atoms with Crippen LogP contribution in [0.4, 0.5) is 10.1 Å². The maximum absolute atomic E-state index is 14.0. The Morgan fingerprint density at radius 1 is 1.20 bits per heavy atom. The lowest BCUT2D eigenvalue weighted by molar-refractivity contribution is -0.117. The molecule has 0 saturated carbocycles. The lowest BCUT2D eigenvalue weighted by Crippen LogP contribution is -2.25. The third-order valence-corrected chi connectivity index (χ3v) is 4.38. The Labute approximate surface area is 148 Å². The van der Waals surface area contributed by atoms with Crippen LogP contribution in [0.3, 0.4) is 0 Å². The molecule has 0 bridgehead atoms. The largest absolute Gasteiger partial charge is 0.334 e. The Kier molecular flexibility index (Phi) is 3.97. The number of amides is 1. The number of carbonyl (C=O) groups excluding carboxylic acids is 1.